The van der Waals surface area contributed by atoms with Crippen molar-refractivity contribution in [2.75, 3.05) is 5.32 Å². The van der Waals surface area contributed by atoms with Gasteiger partial charge >= 0.3 is 0 Å². The van der Waals surface area contributed by atoms with E-state index in [1.165, 1.54) is 6.33 Å². The lowest BCUT2D eigenvalue weighted by Gasteiger charge is -2.22. The van der Waals surface area contributed by atoms with E-state index in [9.17, 15) is 0 Å². The molecule has 5 nitrogen and oxygen atoms in total. The molecule has 1 N–H and O–H groups in total. The predicted molar refractivity (Wildman–Crippen MR) is 68.1 cm³/mol. The Labute approximate surface area is 101 Å². The molecule has 1 atom stereocenters. The molecule has 0 fully saturated rings. The maximum Gasteiger partial charge on any atom is 0.254 e. The summed E-state index contributed by atoms with van der Waals surface area (Å²) in [4.78, 5) is 8.44. The number of aromatic nitrogens is 4. The zero-order valence-corrected chi connectivity index (χ0v) is 10.8. The molecule has 17 heavy (non-hydrogen) atoms. The van der Waals surface area contributed by atoms with Gasteiger partial charge in [-0.2, -0.15) is 14.6 Å². The summed E-state index contributed by atoms with van der Waals surface area (Å²) < 4.78 is 1.75. The maximum absolute atomic E-state index is 4.32. The molecule has 2 rings (SSSR count). The summed E-state index contributed by atoms with van der Waals surface area (Å²) in [5, 5.41) is 7.71. The monoisotopic (exact) mass is 233 g/mol. The molecule has 2 aromatic heterocycles. The quantitative estimate of drug-likeness (QED) is 0.880. The van der Waals surface area contributed by atoms with Gasteiger partial charge in [-0.15, -0.1) is 0 Å². The van der Waals surface area contributed by atoms with Gasteiger partial charge in [0.2, 0.25) is 0 Å². The third-order valence-corrected chi connectivity index (χ3v) is 2.96. The van der Waals surface area contributed by atoms with Gasteiger partial charge in [0.25, 0.3) is 5.78 Å². The van der Waals surface area contributed by atoms with Crippen molar-refractivity contribution in [3.8, 4) is 0 Å². The van der Waals surface area contributed by atoms with Gasteiger partial charge in [0.15, 0.2) is 0 Å². The number of nitrogens with one attached hydrogen (secondary N) is 1. The Kier molecular flexibility index (Phi) is 3.26. The van der Waals surface area contributed by atoms with Crippen molar-refractivity contribution in [3.63, 3.8) is 0 Å². The first-order chi connectivity index (χ1) is 8.11. The van der Waals surface area contributed by atoms with Crippen LogP contribution in [0.3, 0.4) is 0 Å². The average molecular weight is 233 g/mol. The molecular weight excluding hydrogens is 214 g/mol. The molecule has 0 aromatic carbocycles. The highest BCUT2D eigenvalue weighted by molar-refractivity contribution is 5.45. The molecule has 0 radical (unpaired) electrons. The van der Waals surface area contributed by atoms with Gasteiger partial charge in [0, 0.05) is 17.8 Å². The van der Waals surface area contributed by atoms with Gasteiger partial charge in [-0.1, -0.05) is 20.8 Å². The lowest BCUT2D eigenvalue weighted by atomic mass is 10.0. The van der Waals surface area contributed by atoms with Crippen LogP contribution < -0.4 is 5.32 Å². The molecule has 0 saturated heterocycles. The summed E-state index contributed by atoms with van der Waals surface area (Å²) in [5.41, 5.74) is 0.951. The standard InChI is InChI=1S/C12H19N5/c1-5-10(8(2)3)16-11-6-9(4)15-12-13-7-14-17(11)12/h6-8,10,16H,5H2,1-4H3. The number of nitrogens with zero attached hydrogens (tertiary/aromatic N) is 4. The molecule has 0 bridgehead atoms. The number of hydrogen-bond acceptors (Lipinski definition) is 4. The number of rotatable bonds is 4. The van der Waals surface area contributed by atoms with Gasteiger partial charge < -0.3 is 5.32 Å². The fourth-order valence-electron chi connectivity index (χ4n) is 1.96. The predicted octanol–water partition coefficient (Wildman–Crippen LogP) is 2.28. The van der Waals surface area contributed by atoms with Crippen molar-refractivity contribution in [1.82, 2.24) is 19.6 Å². The van der Waals surface area contributed by atoms with E-state index in [4.69, 9.17) is 0 Å². The summed E-state index contributed by atoms with van der Waals surface area (Å²) in [6, 6.07) is 2.44. The topological polar surface area (TPSA) is 55.1 Å². The van der Waals surface area contributed by atoms with Crippen LogP contribution in [-0.4, -0.2) is 25.6 Å². The van der Waals surface area contributed by atoms with E-state index in [1.807, 2.05) is 13.0 Å². The Balaban J connectivity index is 2.37. The minimum atomic E-state index is 0.434. The summed E-state index contributed by atoms with van der Waals surface area (Å²) in [6.45, 7) is 8.59. The van der Waals surface area contributed by atoms with Crippen LogP contribution in [0.2, 0.25) is 0 Å². The van der Waals surface area contributed by atoms with Crippen LogP contribution >= 0.6 is 0 Å². The number of aryl methyl sites for hydroxylation is 1. The molecule has 0 spiro atoms. The van der Waals surface area contributed by atoms with E-state index in [0.717, 1.165) is 17.9 Å². The van der Waals surface area contributed by atoms with Crippen LogP contribution in [0.1, 0.15) is 32.9 Å². The molecule has 5 heteroatoms. The minimum absolute atomic E-state index is 0.434. The third-order valence-electron chi connectivity index (χ3n) is 2.96. The van der Waals surface area contributed by atoms with Gasteiger partial charge in [-0.3, -0.25) is 0 Å². The van der Waals surface area contributed by atoms with Crippen molar-refractivity contribution in [2.45, 2.75) is 40.2 Å². The minimum Gasteiger partial charge on any atom is -0.367 e. The van der Waals surface area contributed by atoms with E-state index >= 15 is 0 Å². The molecule has 0 aliphatic rings. The van der Waals surface area contributed by atoms with Crippen LogP contribution in [0.5, 0.6) is 0 Å². The Hall–Kier alpha value is -1.65. The summed E-state index contributed by atoms with van der Waals surface area (Å²) in [6.07, 6.45) is 2.61. The Morgan fingerprint density at radius 1 is 1.41 bits per heavy atom. The van der Waals surface area contributed by atoms with Crippen molar-refractivity contribution >= 4 is 11.6 Å². The number of hydrogen-bond donors (Lipinski definition) is 1. The Morgan fingerprint density at radius 2 is 2.18 bits per heavy atom. The van der Waals surface area contributed by atoms with Crippen molar-refractivity contribution < 1.29 is 0 Å². The van der Waals surface area contributed by atoms with E-state index in [1.54, 1.807) is 4.52 Å². The van der Waals surface area contributed by atoms with E-state index in [-0.39, 0.29) is 0 Å². The molecule has 2 heterocycles. The summed E-state index contributed by atoms with van der Waals surface area (Å²) in [7, 11) is 0. The number of fused-ring (bicyclic) bond motifs is 1. The second-order valence-electron chi connectivity index (χ2n) is 4.66. The van der Waals surface area contributed by atoms with Gasteiger partial charge in [-0.05, 0) is 19.3 Å². The lowest BCUT2D eigenvalue weighted by Crippen LogP contribution is -2.26. The first-order valence-corrected chi connectivity index (χ1v) is 6.05. The molecule has 2 aromatic rings. The largest absolute Gasteiger partial charge is 0.367 e. The maximum atomic E-state index is 4.32. The normalized spacial score (nSPS) is 13.2. The second-order valence-corrected chi connectivity index (χ2v) is 4.66. The van der Waals surface area contributed by atoms with Crippen molar-refractivity contribution in [2.24, 2.45) is 5.92 Å². The smallest absolute Gasteiger partial charge is 0.254 e. The number of anilines is 1. The molecule has 0 saturated carbocycles. The fourth-order valence-corrected chi connectivity index (χ4v) is 1.96. The molecule has 0 amide bonds. The molecule has 92 valence electrons. The third kappa shape index (κ3) is 2.38. The van der Waals surface area contributed by atoms with Crippen molar-refractivity contribution in [3.05, 3.63) is 18.1 Å². The zero-order valence-electron chi connectivity index (χ0n) is 10.8. The molecule has 0 aliphatic carbocycles. The van der Waals surface area contributed by atoms with Crippen LogP contribution in [0.4, 0.5) is 5.82 Å². The highest BCUT2D eigenvalue weighted by atomic mass is 15.4. The first kappa shape index (κ1) is 11.8. The van der Waals surface area contributed by atoms with Gasteiger partial charge in [0.1, 0.15) is 12.1 Å². The average Bonchev–Trinajstić information content (AvgIpc) is 2.72. The van der Waals surface area contributed by atoms with Crippen molar-refractivity contribution in [1.29, 1.82) is 0 Å². The zero-order chi connectivity index (χ0) is 12.4. The SMILES string of the molecule is CCC(Nc1cc(C)nc2ncnn12)C(C)C. The molecule has 1 unspecified atom stereocenters. The summed E-state index contributed by atoms with van der Waals surface area (Å²) in [5.74, 6) is 2.18. The van der Waals surface area contributed by atoms with Crippen LogP contribution in [0, 0.1) is 12.8 Å². The highest BCUT2D eigenvalue weighted by Gasteiger charge is 2.13. The highest BCUT2D eigenvalue weighted by Crippen LogP contribution is 2.16. The van der Waals surface area contributed by atoms with E-state index in [2.05, 4.69) is 41.2 Å². The first-order valence-electron chi connectivity index (χ1n) is 6.05. The fraction of sp³-hybridized carbons (Fsp3) is 0.583. The Morgan fingerprint density at radius 3 is 2.82 bits per heavy atom. The van der Waals surface area contributed by atoms with Gasteiger partial charge in [-0.25, -0.2) is 4.98 Å². The van der Waals surface area contributed by atoms with Crippen LogP contribution in [0.25, 0.3) is 5.78 Å². The molecule has 0 aliphatic heterocycles. The summed E-state index contributed by atoms with van der Waals surface area (Å²) >= 11 is 0. The van der Waals surface area contributed by atoms with Crippen LogP contribution in [-0.2, 0) is 0 Å². The lowest BCUT2D eigenvalue weighted by molar-refractivity contribution is 0.508. The Bertz CT molecular complexity index is 503. The van der Waals surface area contributed by atoms with E-state index in [0.29, 0.717) is 17.7 Å². The van der Waals surface area contributed by atoms with Gasteiger partial charge in [0.05, 0.1) is 0 Å². The van der Waals surface area contributed by atoms with E-state index < -0.39 is 0 Å². The second kappa shape index (κ2) is 4.69. The van der Waals surface area contributed by atoms with Crippen LogP contribution in [0.15, 0.2) is 12.4 Å². The molecular formula is C12H19N5.